The third-order valence-corrected chi connectivity index (χ3v) is 3.06. The van der Waals surface area contributed by atoms with E-state index in [2.05, 4.69) is 0 Å². The number of anilines is 1. The van der Waals surface area contributed by atoms with E-state index in [1.54, 1.807) is 31.2 Å². The zero-order valence-corrected chi connectivity index (χ0v) is 11.1. The molecule has 0 amide bonds. The minimum atomic E-state index is -4.30. The number of alkyl halides is 3. The van der Waals surface area contributed by atoms with E-state index in [0.29, 0.717) is 11.3 Å². The first-order valence-electron chi connectivity index (χ1n) is 5.52. The molecular weight excluding hydrogens is 279 g/mol. The van der Waals surface area contributed by atoms with Crippen LogP contribution in [0, 0.1) is 0 Å². The summed E-state index contributed by atoms with van der Waals surface area (Å²) in [5.74, 6) is -1.42. The molecule has 1 atom stereocenters. The first-order chi connectivity index (χ1) is 8.79. The van der Waals surface area contributed by atoms with Crippen molar-refractivity contribution >= 4 is 23.4 Å². The lowest BCUT2D eigenvalue weighted by molar-refractivity contribution is -0.144. The van der Waals surface area contributed by atoms with E-state index in [1.807, 2.05) is 0 Å². The molecule has 19 heavy (non-hydrogen) atoms. The van der Waals surface area contributed by atoms with Gasteiger partial charge >= 0.3 is 11.5 Å². The molecule has 1 rings (SSSR count). The first-order valence-corrected chi connectivity index (χ1v) is 6.51. The molecule has 0 aliphatic carbocycles. The lowest BCUT2D eigenvalue weighted by atomic mass is 10.0. The first kappa shape index (κ1) is 15.7. The highest BCUT2D eigenvalue weighted by Crippen LogP contribution is 2.29. The summed E-state index contributed by atoms with van der Waals surface area (Å²) in [6.07, 6.45) is 0. The Labute approximate surface area is 113 Å². The Morgan fingerprint density at radius 1 is 1.47 bits per heavy atom. The summed E-state index contributed by atoms with van der Waals surface area (Å²) in [4.78, 5) is 11.6. The zero-order valence-electron chi connectivity index (χ0n) is 10.2. The summed E-state index contributed by atoms with van der Waals surface area (Å²) < 4.78 is 40.4. The summed E-state index contributed by atoms with van der Waals surface area (Å²) in [6.45, 7) is 1.35. The summed E-state index contributed by atoms with van der Waals surface area (Å²) >= 11 is -0.212. The van der Waals surface area contributed by atoms with Crippen LogP contribution >= 0.6 is 11.8 Å². The van der Waals surface area contributed by atoms with E-state index in [4.69, 9.17) is 10.5 Å². The van der Waals surface area contributed by atoms with E-state index < -0.39 is 17.4 Å². The van der Waals surface area contributed by atoms with Gasteiger partial charge in [-0.05, 0) is 36.4 Å². The number of rotatable bonds is 5. The summed E-state index contributed by atoms with van der Waals surface area (Å²) in [5, 5.41) is 0. The standard InChI is InChI=1S/C12H14F3NO2S/c1-8(9-3-2-4-10(16)7-9)11(17)18-5-6-19-12(13,14)15/h2-4,7-8H,5-6,16H2,1H3. The fraction of sp³-hybridized carbons (Fsp3) is 0.417. The number of halogens is 3. The number of benzene rings is 1. The van der Waals surface area contributed by atoms with Gasteiger partial charge in [0.25, 0.3) is 0 Å². The third kappa shape index (κ3) is 5.87. The Bertz CT molecular complexity index is 437. The van der Waals surface area contributed by atoms with Gasteiger partial charge in [-0.25, -0.2) is 0 Å². The fourth-order valence-electron chi connectivity index (χ4n) is 1.39. The van der Waals surface area contributed by atoms with Crippen LogP contribution in [-0.2, 0) is 9.53 Å². The molecule has 3 nitrogen and oxygen atoms in total. The topological polar surface area (TPSA) is 52.3 Å². The van der Waals surface area contributed by atoms with Crippen LogP contribution in [0.3, 0.4) is 0 Å². The predicted molar refractivity (Wildman–Crippen MR) is 68.7 cm³/mol. The van der Waals surface area contributed by atoms with E-state index in [0.717, 1.165) is 0 Å². The van der Waals surface area contributed by atoms with Gasteiger partial charge in [-0.3, -0.25) is 4.79 Å². The van der Waals surface area contributed by atoms with Gasteiger partial charge in [0, 0.05) is 11.4 Å². The second-order valence-corrected chi connectivity index (χ2v) is 5.01. The molecule has 0 bridgehead atoms. The van der Waals surface area contributed by atoms with Crippen LogP contribution < -0.4 is 5.73 Å². The molecule has 106 valence electrons. The SMILES string of the molecule is CC(C(=O)OCCSC(F)(F)F)c1cccc(N)c1. The van der Waals surface area contributed by atoms with E-state index in [1.165, 1.54) is 0 Å². The van der Waals surface area contributed by atoms with Gasteiger partial charge in [0.15, 0.2) is 0 Å². The van der Waals surface area contributed by atoms with Crippen molar-refractivity contribution in [1.82, 2.24) is 0 Å². The van der Waals surface area contributed by atoms with Crippen molar-refractivity contribution in [3.05, 3.63) is 29.8 Å². The lowest BCUT2D eigenvalue weighted by Gasteiger charge is -2.12. The van der Waals surface area contributed by atoms with Gasteiger partial charge in [0.05, 0.1) is 5.92 Å². The van der Waals surface area contributed by atoms with Crippen molar-refractivity contribution in [2.75, 3.05) is 18.1 Å². The average molecular weight is 293 g/mol. The highest BCUT2D eigenvalue weighted by molar-refractivity contribution is 8.00. The maximum absolute atomic E-state index is 11.9. The number of hydrogen-bond donors (Lipinski definition) is 1. The van der Waals surface area contributed by atoms with Crippen molar-refractivity contribution < 1.29 is 22.7 Å². The molecule has 0 saturated heterocycles. The zero-order chi connectivity index (χ0) is 14.5. The van der Waals surface area contributed by atoms with Crippen LogP contribution in [0.25, 0.3) is 0 Å². The predicted octanol–water partition coefficient (Wildman–Crippen LogP) is 3.17. The number of nitrogen functional groups attached to an aromatic ring is 1. The Kier molecular flexibility index (Phi) is 5.53. The van der Waals surface area contributed by atoms with Crippen LogP contribution in [0.15, 0.2) is 24.3 Å². The second-order valence-electron chi connectivity index (χ2n) is 3.85. The molecule has 1 aromatic carbocycles. The number of ether oxygens (including phenoxy) is 1. The number of esters is 1. The Morgan fingerprint density at radius 2 is 2.16 bits per heavy atom. The van der Waals surface area contributed by atoms with Crippen LogP contribution in [0.1, 0.15) is 18.4 Å². The Morgan fingerprint density at radius 3 is 2.74 bits per heavy atom. The summed E-state index contributed by atoms with van der Waals surface area (Å²) in [7, 11) is 0. The van der Waals surface area contributed by atoms with Crippen LogP contribution in [-0.4, -0.2) is 23.8 Å². The molecular formula is C12H14F3NO2S. The number of thioether (sulfide) groups is 1. The van der Waals surface area contributed by atoms with Gasteiger partial charge in [-0.2, -0.15) is 13.2 Å². The summed E-state index contributed by atoms with van der Waals surface area (Å²) in [6, 6.07) is 6.73. The molecule has 0 radical (unpaired) electrons. The molecule has 0 heterocycles. The monoisotopic (exact) mass is 293 g/mol. The maximum Gasteiger partial charge on any atom is 0.441 e. The van der Waals surface area contributed by atoms with Crippen LogP contribution in [0.4, 0.5) is 18.9 Å². The van der Waals surface area contributed by atoms with Crippen LogP contribution in [0.2, 0.25) is 0 Å². The molecule has 7 heteroatoms. The molecule has 1 unspecified atom stereocenters. The van der Waals surface area contributed by atoms with Gasteiger partial charge in [-0.15, -0.1) is 0 Å². The second kappa shape index (κ2) is 6.70. The summed E-state index contributed by atoms with van der Waals surface area (Å²) in [5.41, 5.74) is 2.48. The average Bonchev–Trinajstić information content (AvgIpc) is 2.32. The molecule has 0 aromatic heterocycles. The largest absolute Gasteiger partial charge is 0.464 e. The van der Waals surface area contributed by atoms with Crippen LogP contribution in [0.5, 0.6) is 0 Å². The quantitative estimate of drug-likeness (QED) is 0.515. The molecule has 0 aliphatic rings. The van der Waals surface area contributed by atoms with Crippen molar-refractivity contribution in [2.45, 2.75) is 18.3 Å². The molecule has 0 saturated carbocycles. The third-order valence-electron chi connectivity index (χ3n) is 2.36. The van der Waals surface area contributed by atoms with Gasteiger partial charge in [-0.1, -0.05) is 12.1 Å². The van der Waals surface area contributed by atoms with Crippen molar-refractivity contribution in [3.8, 4) is 0 Å². The highest BCUT2D eigenvalue weighted by atomic mass is 32.2. The van der Waals surface area contributed by atoms with Gasteiger partial charge < -0.3 is 10.5 Å². The molecule has 0 aliphatic heterocycles. The minimum Gasteiger partial charge on any atom is -0.464 e. The van der Waals surface area contributed by atoms with E-state index in [9.17, 15) is 18.0 Å². The Balaban J connectivity index is 2.41. The molecule has 1 aromatic rings. The molecule has 0 fully saturated rings. The number of hydrogen-bond acceptors (Lipinski definition) is 4. The lowest BCUT2D eigenvalue weighted by Crippen LogP contribution is -2.16. The van der Waals surface area contributed by atoms with E-state index >= 15 is 0 Å². The molecule has 2 N–H and O–H groups in total. The Hall–Kier alpha value is -1.37. The minimum absolute atomic E-state index is 0.212. The van der Waals surface area contributed by atoms with Crippen molar-refractivity contribution in [3.63, 3.8) is 0 Å². The smallest absolute Gasteiger partial charge is 0.441 e. The fourth-order valence-corrected chi connectivity index (χ4v) is 1.79. The van der Waals surface area contributed by atoms with Gasteiger partial charge in [0.2, 0.25) is 0 Å². The highest BCUT2D eigenvalue weighted by Gasteiger charge is 2.28. The normalized spacial score (nSPS) is 13.1. The van der Waals surface area contributed by atoms with E-state index in [-0.39, 0.29) is 24.1 Å². The number of carbonyl (C=O) groups is 1. The van der Waals surface area contributed by atoms with Crippen molar-refractivity contribution in [2.24, 2.45) is 0 Å². The number of nitrogens with two attached hydrogens (primary N) is 1. The maximum atomic E-state index is 11.9. The number of carbonyl (C=O) groups excluding carboxylic acids is 1. The van der Waals surface area contributed by atoms with Gasteiger partial charge in [0.1, 0.15) is 6.61 Å². The molecule has 0 spiro atoms. The van der Waals surface area contributed by atoms with Crippen molar-refractivity contribution in [1.29, 1.82) is 0 Å².